The minimum Gasteiger partial charge on any atom is -0.394 e. The predicted octanol–water partition coefficient (Wildman–Crippen LogP) is 22.1. The highest BCUT2D eigenvalue weighted by atomic mass is 16.3. The van der Waals surface area contributed by atoms with Crippen molar-refractivity contribution in [3.63, 3.8) is 0 Å². The van der Waals surface area contributed by atoms with Gasteiger partial charge in [0.15, 0.2) is 0 Å². The summed E-state index contributed by atoms with van der Waals surface area (Å²) < 4.78 is 0. The number of aliphatic hydroxyl groups excluding tert-OH is 2. The van der Waals surface area contributed by atoms with Gasteiger partial charge in [0.25, 0.3) is 0 Å². The molecule has 73 heavy (non-hydrogen) atoms. The summed E-state index contributed by atoms with van der Waals surface area (Å²) in [7, 11) is 0. The fraction of sp³-hybridized carbons (Fsp3) is 0.812. The lowest BCUT2D eigenvalue weighted by molar-refractivity contribution is -0.123. The second-order valence-electron chi connectivity index (χ2n) is 22.1. The standard InChI is InChI=1S/C69H127NO3/c1-3-5-7-9-11-13-15-17-19-21-23-25-27-29-31-33-34-35-37-38-40-42-44-46-48-50-52-54-56-58-60-62-64-68(72)67(66-71)70-69(73)65-63-61-59-57-55-53-51-49-47-45-43-41-39-36-32-30-28-26-24-22-20-18-16-14-12-10-8-6-4-2/h6,8,12,14,18,20,24,26,54,56,62,64,67-68,71-72H,3-5,7,9-11,13,15-17,19,21-23,25,27-53,55,57-61,63,65-66H2,1-2H3,(H,70,73)/b8-6-,14-12-,20-18-,26-24-,56-54+,64-62+. The summed E-state index contributed by atoms with van der Waals surface area (Å²) in [6.07, 6.45) is 92.6. The Morgan fingerprint density at radius 3 is 0.959 bits per heavy atom. The molecule has 0 spiro atoms. The van der Waals surface area contributed by atoms with Gasteiger partial charge in [0, 0.05) is 6.42 Å². The van der Waals surface area contributed by atoms with Crippen LogP contribution in [0.1, 0.15) is 341 Å². The summed E-state index contributed by atoms with van der Waals surface area (Å²) in [5.41, 5.74) is 0. The van der Waals surface area contributed by atoms with E-state index in [1.54, 1.807) is 6.08 Å². The first-order valence-electron chi connectivity index (χ1n) is 32.7. The van der Waals surface area contributed by atoms with Gasteiger partial charge >= 0.3 is 0 Å². The number of aliphatic hydroxyl groups is 2. The van der Waals surface area contributed by atoms with E-state index >= 15 is 0 Å². The normalized spacial score (nSPS) is 13.2. The Kier molecular flexibility index (Phi) is 62.2. The van der Waals surface area contributed by atoms with Crippen molar-refractivity contribution >= 4 is 5.91 Å². The number of nitrogens with one attached hydrogen (secondary N) is 1. The van der Waals surface area contributed by atoms with Gasteiger partial charge in [-0.2, -0.15) is 0 Å². The Balaban J connectivity index is 3.48. The molecule has 1 amide bonds. The lowest BCUT2D eigenvalue weighted by Gasteiger charge is -2.19. The summed E-state index contributed by atoms with van der Waals surface area (Å²) in [6, 6.07) is -0.643. The Morgan fingerprint density at radius 2 is 0.616 bits per heavy atom. The molecule has 0 aromatic carbocycles. The molecule has 4 nitrogen and oxygen atoms in total. The second-order valence-corrected chi connectivity index (χ2v) is 22.1. The maximum Gasteiger partial charge on any atom is 0.220 e. The van der Waals surface area contributed by atoms with Gasteiger partial charge in [-0.1, -0.05) is 337 Å². The van der Waals surface area contributed by atoms with Gasteiger partial charge in [0.2, 0.25) is 5.91 Å². The molecule has 2 unspecified atom stereocenters. The van der Waals surface area contributed by atoms with Crippen LogP contribution in [0.4, 0.5) is 0 Å². The molecular formula is C69H127NO3. The van der Waals surface area contributed by atoms with Crippen LogP contribution < -0.4 is 5.32 Å². The molecule has 3 N–H and O–H groups in total. The molecule has 426 valence electrons. The summed E-state index contributed by atoms with van der Waals surface area (Å²) >= 11 is 0. The molecule has 0 radical (unpaired) electrons. The maximum absolute atomic E-state index is 12.5. The second kappa shape index (κ2) is 64.1. The van der Waals surface area contributed by atoms with E-state index in [2.05, 4.69) is 79.9 Å². The Hall–Kier alpha value is -2.17. The zero-order valence-corrected chi connectivity index (χ0v) is 49.2. The van der Waals surface area contributed by atoms with Crippen molar-refractivity contribution in [2.24, 2.45) is 0 Å². The number of hydrogen-bond donors (Lipinski definition) is 3. The molecule has 0 aromatic heterocycles. The van der Waals surface area contributed by atoms with Crippen molar-refractivity contribution in [2.75, 3.05) is 6.61 Å². The number of allylic oxidation sites excluding steroid dienone is 11. The summed E-state index contributed by atoms with van der Waals surface area (Å²) in [5.74, 6) is -0.0711. The molecule has 0 fully saturated rings. The van der Waals surface area contributed by atoms with Crippen LogP contribution in [0.15, 0.2) is 72.9 Å². The SMILES string of the molecule is CC/C=C\C/C=C\C/C=C\C/C=C\CCCCCCCCCCCCCCCCCCC(=O)NC(CO)C(O)/C=C/CC/C=C/CCCCCCCCCCCCCCCCCCCCCCCCCCCC. The van der Waals surface area contributed by atoms with E-state index in [1.807, 2.05) is 6.08 Å². The minimum absolute atomic E-state index is 0.0711. The number of carbonyl (C=O) groups is 1. The third kappa shape index (κ3) is 60.6. The van der Waals surface area contributed by atoms with Crippen LogP contribution in [0.5, 0.6) is 0 Å². The fourth-order valence-electron chi connectivity index (χ4n) is 10.0. The van der Waals surface area contributed by atoms with Gasteiger partial charge in [0.1, 0.15) is 0 Å². The van der Waals surface area contributed by atoms with Crippen LogP contribution in [0.25, 0.3) is 0 Å². The van der Waals surface area contributed by atoms with Crippen molar-refractivity contribution in [1.82, 2.24) is 5.32 Å². The lowest BCUT2D eigenvalue weighted by atomic mass is 10.0. The maximum atomic E-state index is 12.5. The van der Waals surface area contributed by atoms with Crippen molar-refractivity contribution in [1.29, 1.82) is 0 Å². The Bertz CT molecular complexity index is 1250. The van der Waals surface area contributed by atoms with Crippen molar-refractivity contribution in [3.8, 4) is 0 Å². The molecule has 0 bridgehead atoms. The quantitative estimate of drug-likeness (QED) is 0.0420. The van der Waals surface area contributed by atoms with Crippen LogP contribution in [0, 0.1) is 0 Å². The van der Waals surface area contributed by atoms with Gasteiger partial charge in [-0.15, -0.1) is 0 Å². The largest absolute Gasteiger partial charge is 0.394 e. The van der Waals surface area contributed by atoms with Crippen LogP contribution in [0.3, 0.4) is 0 Å². The van der Waals surface area contributed by atoms with Crippen LogP contribution >= 0.6 is 0 Å². The Morgan fingerprint density at radius 1 is 0.342 bits per heavy atom. The Labute approximate surface area is 457 Å². The van der Waals surface area contributed by atoms with E-state index in [1.165, 1.54) is 263 Å². The third-order valence-electron chi connectivity index (χ3n) is 14.9. The molecule has 0 heterocycles. The molecule has 2 atom stereocenters. The smallest absolute Gasteiger partial charge is 0.220 e. The molecule has 0 aliphatic heterocycles. The molecule has 0 aliphatic rings. The molecule has 0 saturated heterocycles. The van der Waals surface area contributed by atoms with Crippen molar-refractivity contribution in [3.05, 3.63) is 72.9 Å². The monoisotopic (exact) mass is 1020 g/mol. The fourth-order valence-corrected chi connectivity index (χ4v) is 10.0. The number of carbonyl (C=O) groups excluding carboxylic acids is 1. The molecule has 0 saturated carbocycles. The van der Waals surface area contributed by atoms with E-state index in [4.69, 9.17) is 0 Å². The average molecular weight is 1020 g/mol. The van der Waals surface area contributed by atoms with Gasteiger partial charge in [-0.25, -0.2) is 0 Å². The van der Waals surface area contributed by atoms with E-state index in [0.29, 0.717) is 6.42 Å². The first kappa shape index (κ1) is 70.8. The van der Waals surface area contributed by atoms with E-state index in [-0.39, 0.29) is 12.5 Å². The van der Waals surface area contributed by atoms with Crippen molar-refractivity contribution in [2.45, 2.75) is 353 Å². The van der Waals surface area contributed by atoms with Gasteiger partial charge < -0.3 is 15.5 Å². The summed E-state index contributed by atoms with van der Waals surface area (Å²) in [6.45, 7) is 4.22. The number of rotatable bonds is 60. The molecule has 0 aliphatic carbocycles. The molecule has 0 aromatic rings. The van der Waals surface area contributed by atoms with Gasteiger partial charge in [-0.3, -0.25) is 4.79 Å². The highest BCUT2D eigenvalue weighted by Crippen LogP contribution is 2.18. The first-order valence-corrected chi connectivity index (χ1v) is 32.7. The predicted molar refractivity (Wildman–Crippen MR) is 327 cm³/mol. The lowest BCUT2D eigenvalue weighted by Crippen LogP contribution is -2.45. The molecule has 0 rings (SSSR count). The van der Waals surface area contributed by atoms with Gasteiger partial charge in [0.05, 0.1) is 18.8 Å². The number of unbranched alkanes of at least 4 members (excludes halogenated alkanes) is 43. The van der Waals surface area contributed by atoms with Crippen LogP contribution in [-0.2, 0) is 4.79 Å². The number of hydrogen-bond acceptors (Lipinski definition) is 3. The highest BCUT2D eigenvalue weighted by Gasteiger charge is 2.18. The minimum atomic E-state index is -0.866. The first-order chi connectivity index (χ1) is 36.2. The molecular weight excluding hydrogens is 891 g/mol. The molecule has 4 heteroatoms. The van der Waals surface area contributed by atoms with Crippen molar-refractivity contribution < 1.29 is 15.0 Å². The zero-order chi connectivity index (χ0) is 52.7. The highest BCUT2D eigenvalue weighted by molar-refractivity contribution is 5.76. The van der Waals surface area contributed by atoms with E-state index in [9.17, 15) is 15.0 Å². The summed E-state index contributed by atoms with van der Waals surface area (Å²) in [5, 5.41) is 23.2. The van der Waals surface area contributed by atoms with Crippen LogP contribution in [0.2, 0.25) is 0 Å². The topological polar surface area (TPSA) is 69.6 Å². The van der Waals surface area contributed by atoms with Crippen LogP contribution in [-0.4, -0.2) is 34.9 Å². The zero-order valence-electron chi connectivity index (χ0n) is 49.2. The number of amides is 1. The van der Waals surface area contributed by atoms with E-state index in [0.717, 1.165) is 57.8 Å². The summed E-state index contributed by atoms with van der Waals surface area (Å²) in [4.78, 5) is 12.5. The van der Waals surface area contributed by atoms with Gasteiger partial charge in [-0.05, 0) is 70.6 Å². The van der Waals surface area contributed by atoms with E-state index < -0.39 is 12.1 Å². The average Bonchev–Trinajstić information content (AvgIpc) is 3.40. The third-order valence-corrected chi connectivity index (χ3v) is 14.9.